The molecule has 42 heavy (non-hydrogen) atoms. The van der Waals surface area contributed by atoms with Crippen LogP contribution in [0.3, 0.4) is 0 Å². The van der Waals surface area contributed by atoms with Crippen molar-refractivity contribution < 1.29 is 4.48 Å². The molecule has 0 unspecified atom stereocenters. The Morgan fingerprint density at radius 1 is 0.595 bits per heavy atom. The van der Waals surface area contributed by atoms with E-state index in [0.29, 0.717) is 0 Å². The van der Waals surface area contributed by atoms with Gasteiger partial charge in [0.05, 0.1) is 5.54 Å². The van der Waals surface area contributed by atoms with Crippen LogP contribution in [0.15, 0.2) is 108 Å². The Morgan fingerprint density at radius 3 is 1.33 bits per heavy atom. The minimum atomic E-state index is -0.280. The summed E-state index contributed by atoms with van der Waals surface area (Å²) < 4.78 is 2.61. The zero-order valence-corrected chi connectivity index (χ0v) is 27.3. The van der Waals surface area contributed by atoms with Crippen LogP contribution in [0.2, 0.25) is 0 Å². The highest BCUT2D eigenvalue weighted by molar-refractivity contribution is 6.92. The predicted octanol–water partition coefficient (Wildman–Crippen LogP) is 6.31. The van der Waals surface area contributed by atoms with Crippen molar-refractivity contribution in [3.8, 4) is 0 Å². The zero-order chi connectivity index (χ0) is 30.7. The van der Waals surface area contributed by atoms with Gasteiger partial charge in [-0.3, -0.25) is 0 Å². The molecule has 0 fully saturated rings. The molecule has 4 aromatic carbocycles. The fraction of sp³-hybridized carbons (Fsp3) is 0.316. The lowest BCUT2D eigenvalue weighted by atomic mass is 9.36. The molecule has 0 aliphatic rings. The van der Waals surface area contributed by atoms with Crippen LogP contribution in [-0.2, 0) is 0 Å². The molecule has 4 heteroatoms. The molecule has 0 bridgehead atoms. The van der Waals surface area contributed by atoms with Crippen LogP contribution in [0, 0.1) is 27.7 Å². The summed E-state index contributed by atoms with van der Waals surface area (Å²) in [6, 6.07) is 35.2. The first-order valence-corrected chi connectivity index (χ1v) is 15.2. The SMILES string of the molecule is Cc1ccccc1B(C(=C=NC(C)(C)C)[N+](=[B-](c1ccccc1C)c1ccccc1C)C(C)(C)C)c1ccccc1C. The van der Waals surface area contributed by atoms with Gasteiger partial charge < -0.3 is 4.48 Å². The quantitative estimate of drug-likeness (QED) is 0.197. The predicted molar refractivity (Wildman–Crippen MR) is 185 cm³/mol. The number of benzene rings is 4. The van der Waals surface area contributed by atoms with Gasteiger partial charge in [-0.05, 0) is 69.2 Å². The van der Waals surface area contributed by atoms with Crippen LogP contribution < -0.4 is 21.9 Å². The third-order valence-electron chi connectivity index (χ3n) is 7.98. The Hall–Kier alpha value is -3.74. The van der Waals surface area contributed by atoms with Crippen molar-refractivity contribution in [1.82, 2.24) is 0 Å². The Bertz CT molecular complexity index is 1580. The van der Waals surface area contributed by atoms with Crippen LogP contribution in [0.25, 0.3) is 0 Å². The molecular weight excluding hydrogens is 506 g/mol. The van der Waals surface area contributed by atoms with Gasteiger partial charge in [0.25, 0.3) is 0 Å². The van der Waals surface area contributed by atoms with Crippen molar-refractivity contribution in [1.29, 1.82) is 0 Å². The van der Waals surface area contributed by atoms with Crippen LogP contribution in [0.4, 0.5) is 0 Å². The third kappa shape index (κ3) is 7.00. The number of rotatable bonds is 6. The summed E-state index contributed by atoms with van der Waals surface area (Å²) >= 11 is 0. The largest absolute Gasteiger partial charge is 0.455 e. The average Bonchev–Trinajstić information content (AvgIpc) is 2.91. The second-order valence-electron chi connectivity index (χ2n) is 13.6. The first kappa shape index (κ1) is 31.2. The number of aliphatic imine (C=N–C) groups is 1. The van der Waals surface area contributed by atoms with Crippen molar-refractivity contribution in [3.05, 3.63) is 125 Å². The zero-order valence-electron chi connectivity index (χ0n) is 27.3. The van der Waals surface area contributed by atoms with Crippen molar-refractivity contribution in [2.24, 2.45) is 4.99 Å². The summed E-state index contributed by atoms with van der Waals surface area (Å²) in [4.78, 5) is 5.11. The van der Waals surface area contributed by atoms with Gasteiger partial charge in [0.2, 0.25) is 6.51 Å². The molecule has 0 spiro atoms. The summed E-state index contributed by atoms with van der Waals surface area (Å²) in [5, 5.41) is 0. The van der Waals surface area contributed by atoms with Crippen molar-refractivity contribution in [2.45, 2.75) is 80.3 Å². The fourth-order valence-corrected chi connectivity index (χ4v) is 5.89. The highest BCUT2D eigenvalue weighted by Gasteiger charge is 2.38. The van der Waals surface area contributed by atoms with E-state index in [1.807, 2.05) is 0 Å². The highest BCUT2D eigenvalue weighted by atomic mass is 15.0. The van der Waals surface area contributed by atoms with Crippen LogP contribution in [0.5, 0.6) is 0 Å². The molecule has 0 saturated carbocycles. The molecule has 4 rings (SSSR count). The van der Waals surface area contributed by atoms with E-state index in [0.717, 1.165) is 5.60 Å². The molecule has 0 atom stereocenters. The van der Waals surface area contributed by atoms with Gasteiger partial charge in [-0.25, -0.2) is 4.99 Å². The fourth-order valence-electron chi connectivity index (χ4n) is 5.89. The number of hydrogen-bond acceptors (Lipinski definition) is 1. The Kier molecular flexibility index (Phi) is 9.39. The topological polar surface area (TPSA) is 15.4 Å². The van der Waals surface area contributed by atoms with Crippen molar-refractivity contribution in [2.75, 3.05) is 0 Å². The van der Waals surface area contributed by atoms with E-state index in [-0.39, 0.29) is 24.3 Å². The molecule has 0 radical (unpaired) electrons. The van der Waals surface area contributed by atoms with E-state index in [1.54, 1.807) is 0 Å². The number of hydrogen-bond donors (Lipinski definition) is 0. The average molecular weight is 552 g/mol. The van der Waals surface area contributed by atoms with Crippen LogP contribution >= 0.6 is 0 Å². The molecule has 214 valence electrons. The lowest BCUT2D eigenvalue weighted by Crippen LogP contribution is -2.57. The maximum atomic E-state index is 5.11. The highest BCUT2D eigenvalue weighted by Crippen LogP contribution is 2.19. The van der Waals surface area contributed by atoms with Crippen LogP contribution in [-0.4, -0.2) is 34.6 Å². The second-order valence-corrected chi connectivity index (χ2v) is 13.6. The van der Waals surface area contributed by atoms with E-state index >= 15 is 0 Å². The van der Waals surface area contributed by atoms with Gasteiger partial charge in [-0.15, -0.1) is 10.9 Å². The summed E-state index contributed by atoms with van der Waals surface area (Å²) in [5.74, 6) is 3.74. The molecule has 0 aromatic heterocycles. The number of aryl methyl sites for hydroxylation is 4. The first-order chi connectivity index (χ1) is 19.8. The first-order valence-electron chi connectivity index (χ1n) is 15.2. The van der Waals surface area contributed by atoms with Gasteiger partial charge >= 0.3 is 6.71 Å². The Morgan fingerprint density at radius 2 is 0.976 bits per heavy atom. The Labute approximate surface area is 255 Å². The molecule has 0 heterocycles. The standard InChI is InChI=1S/C38H46B2N2/c1-28-19-11-15-23-32(28)39(33-24-16-12-20-29(33)2)36(27-41-37(5,6)7)42(38(8,9)10)40(34-25-17-13-21-30(34)3)35-26-18-14-22-31(35)4/h11-26H,1-10H3. The number of nitrogens with zero attached hydrogens (tertiary/aromatic N) is 2. The van der Waals surface area contributed by atoms with E-state index < -0.39 is 0 Å². The normalized spacial score (nSPS) is 11.5. The maximum Gasteiger partial charge on any atom is 0.332 e. The molecular formula is C38H46B2N2. The summed E-state index contributed by atoms with van der Waals surface area (Å²) in [6.45, 7) is 22.2. The van der Waals surface area contributed by atoms with Gasteiger partial charge in [0.15, 0.2) is 0 Å². The lowest BCUT2D eigenvalue weighted by molar-refractivity contribution is -0.530. The minimum absolute atomic E-state index is 0.0411. The lowest BCUT2D eigenvalue weighted by Gasteiger charge is -2.36. The van der Waals surface area contributed by atoms with E-state index in [9.17, 15) is 0 Å². The monoisotopic (exact) mass is 552 g/mol. The second kappa shape index (κ2) is 12.6. The van der Waals surface area contributed by atoms with E-state index in [2.05, 4.69) is 177 Å². The van der Waals surface area contributed by atoms with Gasteiger partial charge in [-0.1, -0.05) is 130 Å². The minimum Gasteiger partial charge on any atom is -0.455 e. The molecule has 0 saturated heterocycles. The summed E-state index contributed by atoms with van der Waals surface area (Å²) in [7, 11) is 0. The van der Waals surface area contributed by atoms with E-state index in [1.165, 1.54) is 44.1 Å². The maximum absolute atomic E-state index is 5.11. The molecule has 4 aromatic rings. The molecule has 0 aliphatic heterocycles. The molecule has 0 N–H and O–H groups in total. The molecule has 0 aliphatic carbocycles. The van der Waals surface area contributed by atoms with Crippen LogP contribution in [0.1, 0.15) is 63.8 Å². The third-order valence-corrected chi connectivity index (χ3v) is 7.98. The molecule has 2 nitrogen and oxygen atoms in total. The Balaban J connectivity index is 2.31. The molecule has 0 amide bonds. The van der Waals surface area contributed by atoms with E-state index in [4.69, 9.17) is 4.99 Å². The van der Waals surface area contributed by atoms with Crippen molar-refractivity contribution >= 4 is 40.9 Å². The van der Waals surface area contributed by atoms with Gasteiger partial charge in [0.1, 0.15) is 11.1 Å². The summed E-state index contributed by atoms with van der Waals surface area (Å²) in [5.41, 5.74) is 10.8. The van der Waals surface area contributed by atoms with Gasteiger partial charge in [-0.2, -0.15) is 0 Å². The van der Waals surface area contributed by atoms with Gasteiger partial charge in [0, 0.05) is 5.87 Å². The smallest absolute Gasteiger partial charge is 0.332 e. The summed E-state index contributed by atoms with van der Waals surface area (Å²) in [6.07, 6.45) is 0. The van der Waals surface area contributed by atoms with Crippen molar-refractivity contribution in [3.63, 3.8) is 0 Å².